The number of fused-ring (bicyclic) bond motifs is 2. The normalized spacial score (nSPS) is 21.2. The van der Waals surface area contributed by atoms with Gasteiger partial charge in [-0.1, -0.05) is 63.8 Å². The summed E-state index contributed by atoms with van der Waals surface area (Å²) in [7, 11) is 7.02. The number of amides is 4. The fourth-order valence-corrected chi connectivity index (χ4v) is 7.89. The van der Waals surface area contributed by atoms with E-state index in [1.165, 1.54) is 12.6 Å². The number of allylic oxidation sites excluding steroid dienone is 4. The molecule has 0 saturated heterocycles. The molecule has 54 heavy (non-hydrogen) atoms. The second-order valence-electron chi connectivity index (χ2n) is 15.3. The predicted molar refractivity (Wildman–Crippen MR) is 214 cm³/mol. The number of anilines is 1. The van der Waals surface area contributed by atoms with Gasteiger partial charge >= 0.3 is 6.03 Å². The zero-order chi connectivity index (χ0) is 39.6. The summed E-state index contributed by atoms with van der Waals surface area (Å²) in [5.41, 5.74) is 3.93. The number of urea groups is 1. The highest BCUT2D eigenvalue weighted by Gasteiger charge is 2.56. The molecule has 2 bridgehead atoms. The molecule has 0 heterocycles. The lowest BCUT2D eigenvalue weighted by Crippen LogP contribution is -2.61. The molecule has 294 valence electrons. The van der Waals surface area contributed by atoms with E-state index in [4.69, 9.17) is 9.57 Å². The van der Waals surface area contributed by atoms with Crippen LogP contribution in [0.15, 0.2) is 73.5 Å². The van der Waals surface area contributed by atoms with Gasteiger partial charge in [0.15, 0.2) is 0 Å². The van der Waals surface area contributed by atoms with E-state index in [-0.39, 0.29) is 49.3 Å². The zero-order valence-electron chi connectivity index (χ0n) is 33.1. The van der Waals surface area contributed by atoms with Crippen LogP contribution in [0.2, 0.25) is 0 Å². The molecule has 2 aromatic rings. The maximum absolute atomic E-state index is 13.8. The summed E-state index contributed by atoms with van der Waals surface area (Å²) in [6.45, 7) is 12.3. The van der Waals surface area contributed by atoms with E-state index < -0.39 is 18.2 Å². The van der Waals surface area contributed by atoms with Gasteiger partial charge in [-0.3, -0.25) is 14.4 Å². The molecule has 0 spiro atoms. The van der Waals surface area contributed by atoms with Gasteiger partial charge in [-0.05, 0) is 72.8 Å². The number of para-hydroxylation sites is 1. The monoisotopic (exact) mass is 744 g/mol. The number of ether oxygens (including phenoxy) is 1. The summed E-state index contributed by atoms with van der Waals surface area (Å²) in [5, 5.41) is 23.5. The molecule has 0 radical (unpaired) electrons. The zero-order valence-corrected chi connectivity index (χ0v) is 33.1. The number of aliphatic hydroxyl groups is 1. The van der Waals surface area contributed by atoms with Crippen molar-refractivity contribution in [1.29, 1.82) is 0 Å². The van der Waals surface area contributed by atoms with Gasteiger partial charge in [0.2, 0.25) is 5.91 Å². The minimum atomic E-state index is -0.742. The van der Waals surface area contributed by atoms with Crippen molar-refractivity contribution in [2.75, 3.05) is 46.2 Å². The van der Waals surface area contributed by atoms with Gasteiger partial charge < -0.3 is 36.0 Å². The molecule has 6 atom stereocenters. The van der Waals surface area contributed by atoms with Crippen LogP contribution >= 0.6 is 0 Å². The van der Waals surface area contributed by atoms with E-state index in [1.807, 2.05) is 55.4 Å². The topological polar surface area (TPSA) is 144 Å². The second-order valence-corrected chi connectivity index (χ2v) is 15.3. The van der Waals surface area contributed by atoms with Gasteiger partial charge in [0.1, 0.15) is 12.3 Å². The molecule has 3 aliphatic rings. The van der Waals surface area contributed by atoms with Gasteiger partial charge in [0.05, 0.1) is 25.9 Å². The Bertz CT molecular complexity index is 1690. The number of carbonyl (C=O) groups excluding carboxylic acids is 3. The van der Waals surface area contributed by atoms with Crippen LogP contribution in [0, 0.1) is 23.2 Å². The Labute approximate surface area is 321 Å². The third-order valence-electron chi connectivity index (χ3n) is 11.0. The summed E-state index contributed by atoms with van der Waals surface area (Å²) in [5.74, 6) is 1.69. The van der Waals surface area contributed by atoms with Crippen molar-refractivity contribution in [3.63, 3.8) is 0 Å². The number of carbonyl (C=O) groups is 3. The van der Waals surface area contributed by atoms with Gasteiger partial charge in [0.25, 0.3) is 5.91 Å². The number of nitrogens with zero attached hydrogens (tertiary/aromatic N) is 2. The third-order valence-corrected chi connectivity index (χ3v) is 11.0. The number of aliphatic hydroxyl groups excluding tert-OH is 1. The quantitative estimate of drug-likeness (QED) is 0.101. The van der Waals surface area contributed by atoms with Gasteiger partial charge in [-0.25, -0.2) is 4.79 Å². The molecule has 3 saturated carbocycles. The van der Waals surface area contributed by atoms with Crippen LogP contribution in [0.5, 0.6) is 5.75 Å². The predicted octanol–water partition coefficient (Wildman–Crippen LogP) is 5.40. The first-order valence-electron chi connectivity index (χ1n) is 18.8. The molecule has 5 rings (SSSR count). The van der Waals surface area contributed by atoms with Gasteiger partial charge in [-0.15, -0.1) is 0 Å². The van der Waals surface area contributed by atoms with Crippen molar-refractivity contribution in [2.24, 2.45) is 23.2 Å². The molecule has 0 aliphatic heterocycles. The summed E-state index contributed by atoms with van der Waals surface area (Å²) in [6, 6.07) is 11.0. The molecule has 0 unspecified atom stereocenters. The molecule has 5 N–H and O–H groups in total. The Morgan fingerprint density at radius 2 is 1.87 bits per heavy atom. The first kappa shape index (κ1) is 42.1. The molecule has 4 amide bonds. The molecule has 3 fully saturated rings. The van der Waals surface area contributed by atoms with E-state index in [2.05, 4.69) is 48.6 Å². The van der Waals surface area contributed by atoms with Crippen LogP contribution in [0.25, 0.3) is 11.1 Å². The smallest absolute Gasteiger partial charge is 0.318 e. The summed E-state index contributed by atoms with van der Waals surface area (Å²) in [6.07, 6.45) is 9.20. The summed E-state index contributed by atoms with van der Waals surface area (Å²) >= 11 is 0. The highest BCUT2D eigenvalue weighted by Crippen LogP contribution is 2.61. The molecule has 3 aliphatic carbocycles. The number of hydrogen-bond acceptors (Lipinski definition) is 8. The fraction of sp³-hybridized carbons (Fsp3) is 0.500. The number of hydroxylamine groups is 2. The van der Waals surface area contributed by atoms with Gasteiger partial charge in [-0.2, -0.15) is 5.06 Å². The van der Waals surface area contributed by atoms with Crippen LogP contribution in [0.3, 0.4) is 0 Å². The largest absolute Gasteiger partial charge is 0.496 e. The van der Waals surface area contributed by atoms with Crippen molar-refractivity contribution in [3.05, 3.63) is 84.6 Å². The van der Waals surface area contributed by atoms with E-state index in [0.717, 1.165) is 28.8 Å². The van der Waals surface area contributed by atoms with Crippen molar-refractivity contribution >= 4 is 23.5 Å². The van der Waals surface area contributed by atoms with Crippen LogP contribution in [0.4, 0.5) is 10.5 Å². The van der Waals surface area contributed by atoms with Crippen LogP contribution < -0.4 is 30.9 Å². The standard InChI is InChI=1S/C42H60N6O6/c1-10-11-12-13-17-44-41(52)45-24-34(18-27(2)49)54-48(26-38(50)46-37-23-32-22-36(28(37)3)42(32,4)5)25-29-15-14-16-35(39(29)53-9)30-19-31(40(51)43-6)21-33(20-30)47(7)8/h10-17,19-21,27-28,32,34,36-37,49H,1,18,22-26H2,2-9H3,(H,43,51)(H,46,50)(H2,44,45,52)/t27-,28-,32+,34+,36-,37-/m0/s1. The minimum Gasteiger partial charge on any atom is -0.496 e. The lowest BCUT2D eigenvalue weighted by atomic mass is 9.45. The average Bonchev–Trinajstić information content (AvgIpc) is 3.13. The number of benzene rings is 2. The Morgan fingerprint density at radius 3 is 2.50 bits per heavy atom. The Balaban J connectivity index is 1.62. The van der Waals surface area contributed by atoms with Crippen LogP contribution in [0.1, 0.15) is 62.9 Å². The first-order valence-corrected chi connectivity index (χ1v) is 18.8. The first-order chi connectivity index (χ1) is 25.7. The van der Waals surface area contributed by atoms with E-state index >= 15 is 0 Å². The third kappa shape index (κ3) is 10.7. The Hall–Kier alpha value is -4.65. The highest BCUT2D eigenvalue weighted by atomic mass is 16.7. The molecular weight excluding hydrogens is 684 g/mol. The molecule has 2 aromatic carbocycles. The number of methoxy groups -OCH3 is 1. The van der Waals surface area contributed by atoms with E-state index in [1.54, 1.807) is 50.4 Å². The van der Waals surface area contributed by atoms with E-state index in [0.29, 0.717) is 29.1 Å². The second kappa shape index (κ2) is 19.1. The van der Waals surface area contributed by atoms with Crippen molar-refractivity contribution < 1.29 is 29.1 Å². The number of rotatable bonds is 18. The van der Waals surface area contributed by atoms with Crippen molar-refractivity contribution in [1.82, 2.24) is 26.3 Å². The summed E-state index contributed by atoms with van der Waals surface area (Å²) in [4.78, 5) is 47.6. The molecule has 0 aromatic heterocycles. The lowest BCUT2D eigenvalue weighted by Gasteiger charge is -2.62. The SMILES string of the molecule is C=CC=CC=CNC(=O)NC[C@@H](C[C@H](C)O)ON(CC(=O)N[C@H]1C[C@H]2C[C@@H]([C@@H]1C)C2(C)C)Cc1cccc(-c2cc(C(=O)NC)cc(N(C)C)c2)c1OC. The van der Waals surface area contributed by atoms with Crippen molar-refractivity contribution in [3.8, 4) is 16.9 Å². The van der Waals surface area contributed by atoms with Crippen LogP contribution in [-0.2, 0) is 16.2 Å². The number of nitrogens with one attached hydrogen (secondary N) is 4. The lowest BCUT2D eigenvalue weighted by molar-refractivity contribution is -0.209. The minimum absolute atomic E-state index is 0.0695. The summed E-state index contributed by atoms with van der Waals surface area (Å²) < 4.78 is 6.03. The van der Waals surface area contributed by atoms with Gasteiger partial charge in [0, 0.05) is 68.7 Å². The van der Waals surface area contributed by atoms with Crippen molar-refractivity contribution in [2.45, 2.75) is 71.8 Å². The highest BCUT2D eigenvalue weighted by molar-refractivity contribution is 5.97. The maximum atomic E-state index is 13.8. The molecule has 12 nitrogen and oxygen atoms in total. The number of hydrogen-bond donors (Lipinski definition) is 5. The maximum Gasteiger partial charge on any atom is 0.318 e. The Kier molecular flexibility index (Phi) is 14.9. The average molecular weight is 745 g/mol. The Morgan fingerprint density at radius 1 is 1.11 bits per heavy atom. The fourth-order valence-electron chi connectivity index (χ4n) is 7.89. The molecule has 12 heteroatoms. The van der Waals surface area contributed by atoms with Crippen LogP contribution in [-0.4, -0.2) is 87.6 Å². The molecular formula is C42H60N6O6. The van der Waals surface area contributed by atoms with E-state index in [9.17, 15) is 19.5 Å².